The van der Waals surface area contributed by atoms with Crippen LogP contribution >= 0.6 is 11.6 Å². The number of hydrogen-bond donors (Lipinski definition) is 1. The van der Waals surface area contributed by atoms with Crippen LogP contribution in [-0.4, -0.2) is 43.8 Å². The molecule has 0 aromatic heterocycles. The maximum absolute atomic E-state index is 13.8. The maximum atomic E-state index is 13.8. The lowest BCUT2D eigenvalue weighted by Gasteiger charge is -2.32. The van der Waals surface area contributed by atoms with Gasteiger partial charge >= 0.3 is 0 Å². The van der Waals surface area contributed by atoms with Crippen LogP contribution in [0.2, 0.25) is 5.02 Å². The highest BCUT2D eigenvalue weighted by molar-refractivity contribution is 7.92. The summed E-state index contributed by atoms with van der Waals surface area (Å²) in [6.07, 6.45) is 0. The van der Waals surface area contributed by atoms with Crippen LogP contribution < -0.4 is 9.62 Å². The van der Waals surface area contributed by atoms with Crippen molar-refractivity contribution in [3.63, 3.8) is 0 Å². The second-order valence-electron chi connectivity index (χ2n) is 9.12. The predicted octanol–water partition coefficient (Wildman–Crippen LogP) is 4.79. The van der Waals surface area contributed by atoms with Gasteiger partial charge in [-0.15, -0.1) is 0 Å². The Balaban J connectivity index is 2.03. The van der Waals surface area contributed by atoms with Crippen molar-refractivity contribution in [1.29, 1.82) is 0 Å². The number of carbonyl (C=O) groups is 2. The third-order valence-electron chi connectivity index (χ3n) is 5.80. The number of anilines is 1. The molecule has 1 N–H and O–H groups in total. The third kappa shape index (κ3) is 7.11. The molecule has 9 heteroatoms. The molecule has 0 fully saturated rings. The summed E-state index contributed by atoms with van der Waals surface area (Å²) in [5.41, 5.74) is 1.85. The Morgan fingerprint density at radius 2 is 1.57 bits per heavy atom. The Bertz CT molecular complexity index is 1350. The van der Waals surface area contributed by atoms with E-state index in [1.807, 2.05) is 26.8 Å². The molecule has 0 radical (unpaired) electrons. The molecule has 0 spiro atoms. The molecule has 37 heavy (non-hydrogen) atoms. The van der Waals surface area contributed by atoms with E-state index in [2.05, 4.69) is 5.32 Å². The topological polar surface area (TPSA) is 86.8 Å². The average molecular weight is 542 g/mol. The van der Waals surface area contributed by atoms with Crippen LogP contribution in [-0.2, 0) is 26.2 Å². The van der Waals surface area contributed by atoms with Crippen LogP contribution in [0.3, 0.4) is 0 Å². The summed E-state index contributed by atoms with van der Waals surface area (Å²) in [4.78, 5) is 28.2. The Labute approximate surface area is 224 Å². The van der Waals surface area contributed by atoms with Crippen molar-refractivity contribution in [1.82, 2.24) is 10.2 Å². The van der Waals surface area contributed by atoms with E-state index in [0.29, 0.717) is 16.3 Å². The van der Waals surface area contributed by atoms with Gasteiger partial charge in [0.1, 0.15) is 12.6 Å². The third-order valence-corrected chi connectivity index (χ3v) is 7.95. The molecule has 0 bridgehead atoms. The Morgan fingerprint density at radius 1 is 0.919 bits per heavy atom. The van der Waals surface area contributed by atoms with Crippen molar-refractivity contribution in [3.05, 3.63) is 95.0 Å². The van der Waals surface area contributed by atoms with E-state index in [0.717, 1.165) is 9.87 Å². The second-order valence-corrected chi connectivity index (χ2v) is 11.4. The zero-order chi connectivity index (χ0) is 27.2. The molecule has 0 heterocycles. The standard InChI is InChI=1S/C28H32ClN3O4S/c1-20(2)30-28(34)22(4)31(18-23-12-8-9-16-26(23)29)27(33)19-32(24-13-10-11-21(3)17-24)37(35,36)25-14-6-5-7-15-25/h5-17,20,22H,18-19H2,1-4H3,(H,30,34)/t22-/m0/s1. The van der Waals surface area contributed by atoms with Gasteiger partial charge in [0.05, 0.1) is 10.6 Å². The van der Waals surface area contributed by atoms with E-state index < -0.39 is 28.5 Å². The van der Waals surface area contributed by atoms with Gasteiger partial charge in [0.15, 0.2) is 0 Å². The fourth-order valence-corrected chi connectivity index (χ4v) is 5.45. The van der Waals surface area contributed by atoms with Gasteiger partial charge in [0, 0.05) is 17.6 Å². The molecule has 3 aromatic rings. The maximum Gasteiger partial charge on any atom is 0.264 e. The molecule has 0 aliphatic heterocycles. The summed E-state index contributed by atoms with van der Waals surface area (Å²) in [6, 6.07) is 21.0. The largest absolute Gasteiger partial charge is 0.352 e. The monoisotopic (exact) mass is 541 g/mol. The summed E-state index contributed by atoms with van der Waals surface area (Å²) in [5.74, 6) is -0.879. The van der Waals surface area contributed by atoms with E-state index in [1.165, 1.54) is 17.0 Å². The number of amides is 2. The van der Waals surface area contributed by atoms with Crippen molar-refractivity contribution < 1.29 is 18.0 Å². The van der Waals surface area contributed by atoms with Crippen molar-refractivity contribution >= 4 is 39.1 Å². The number of halogens is 1. The zero-order valence-corrected chi connectivity index (χ0v) is 23.0. The Morgan fingerprint density at radius 3 is 2.19 bits per heavy atom. The van der Waals surface area contributed by atoms with E-state index in [-0.39, 0.29) is 23.4 Å². The SMILES string of the molecule is Cc1cccc(N(CC(=O)N(Cc2ccccc2Cl)[C@@H](C)C(=O)NC(C)C)S(=O)(=O)c2ccccc2)c1. The lowest BCUT2D eigenvalue weighted by atomic mass is 10.1. The van der Waals surface area contributed by atoms with Gasteiger partial charge in [0.25, 0.3) is 10.0 Å². The number of hydrogen-bond acceptors (Lipinski definition) is 4. The average Bonchev–Trinajstić information content (AvgIpc) is 2.86. The second kappa shape index (κ2) is 12.3. The van der Waals surface area contributed by atoms with E-state index in [4.69, 9.17) is 11.6 Å². The molecule has 0 aliphatic carbocycles. The molecule has 3 aromatic carbocycles. The number of nitrogens with zero attached hydrogens (tertiary/aromatic N) is 2. The number of sulfonamides is 1. The fraction of sp³-hybridized carbons (Fsp3) is 0.286. The Kier molecular flexibility index (Phi) is 9.34. The number of carbonyl (C=O) groups excluding carboxylic acids is 2. The lowest BCUT2D eigenvalue weighted by Crippen LogP contribution is -2.52. The number of aryl methyl sites for hydroxylation is 1. The first-order chi connectivity index (χ1) is 17.5. The quantitative estimate of drug-likeness (QED) is 0.400. The van der Waals surface area contributed by atoms with Crippen LogP contribution in [0.25, 0.3) is 0 Å². The summed E-state index contributed by atoms with van der Waals surface area (Å²) in [6.45, 7) is 6.67. The van der Waals surface area contributed by atoms with Gasteiger partial charge < -0.3 is 10.2 Å². The van der Waals surface area contributed by atoms with Crippen LogP contribution in [0.15, 0.2) is 83.8 Å². The molecular weight excluding hydrogens is 510 g/mol. The molecule has 0 saturated heterocycles. The number of rotatable bonds is 10. The number of nitrogens with one attached hydrogen (secondary N) is 1. The van der Waals surface area contributed by atoms with Crippen LogP contribution in [0.5, 0.6) is 0 Å². The molecular formula is C28H32ClN3O4S. The minimum Gasteiger partial charge on any atom is -0.352 e. The smallest absolute Gasteiger partial charge is 0.264 e. The van der Waals surface area contributed by atoms with Crippen molar-refractivity contribution in [2.45, 2.75) is 51.2 Å². The molecule has 0 aliphatic rings. The summed E-state index contributed by atoms with van der Waals surface area (Å²) in [7, 11) is -4.09. The zero-order valence-electron chi connectivity index (χ0n) is 21.4. The van der Waals surface area contributed by atoms with Gasteiger partial charge in [0.2, 0.25) is 11.8 Å². The first-order valence-corrected chi connectivity index (χ1v) is 13.8. The van der Waals surface area contributed by atoms with Gasteiger partial charge in [-0.25, -0.2) is 8.42 Å². The summed E-state index contributed by atoms with van der Waals surface area (Å²) in [5, 5.41) is 3.28. The van der Waals surface area contributed by atoms with Crippen LogP contribution in [0, 0.1) is 6.92 Å². The molecule has 196 valence electrons. The molecule has 0 unspecified atom stereocenters. The van der Waals surface area contributed by atoms with Crippen LogP contribution in [0.1, 0.15) is 31.9 Å². The number of benzene rings is 3. The van der Waals surface area contributed by atoms with Gasteiger partial charge in [-0.3, -0.25) is 13.9 Å². The van der Waals surface area contributed by atoms with Gasteiger partial charge in [-0.05, 0) is 69.2 Å². The highest BCUT2D eigenvalue weighted by atomic mass is 35.5. The van der Waals surface area contributed by atoms with Crippen molar-refractivity contribution in [2.24, 2.45) is 0 Å². The molecule has 1 atom stereocenters. The Hall–Kier alpha value is -3.36. The first kappa shape index (κ1) is 28.2. The van der Waals surface area contributed by atoms with Crippen LogP contribution in [0.4, 0.5) is 5.69 Å². The normalized spacial score (nSPS) is 12.2. The van der Waals surface area contributed by atoms with E-state index in [9.17, 15) is 18.0 Å². The summed E-state index contributed by atoms with van der Waals surface area (Å²) >= 11 is 6.37. The van der Waals surface area contributed by atoms with Crippen molar-refractivity contribution in [2.75, 3.05) is 10.8 Å². The van der Waals surface area contributed by atoms with Gasteiger partial charge in [-0.2, -0.15) is 0 Å². The molecule has 3 rings (SSSR count). The summed E-state index contributed by atoms with van der Waals surface area (Å²) < 4.78 is 28.5. The first-order valence-electron chi connectivity index (χ1n) is 12.0. The molecule has 7 nitrogen and oxygen atoms in total. The molecule has 0 saturated carbocycles. The highest BCUT2D eigenvalue weighted by Gasteiger charge is 2.32. The van der Waals surface area contributed by atoms with Crippen molar-refractivity contribution in [3.8, 4) is 0 Å². The highest BCUT2D eigenvalue weighted by Crippen LogP contribution is 2.26. The lowest BCUT2D eigenvalue weighted by molar-refractivity contribution is -0.139. The fourth-order valence-electron chi connectivity index (χ4n) is 3.83. The minimum absolute atomic E-state index is 0.0399. The minimum atomic E-state index is -4.09. The van der Waals surface area contributed by atoms with Gasteiger partial charge in [-0.1, -0.05) is 60.1 Å². The van der Waals surface area contributed by atoms with E-state index in [1.54, 1.807) is 67.6 Å². The van der Waals surface area contributed by atoms with E-state index >= 15 is 0 Å². The molecule has 2 amide bonds. The predicted molar refractivity (Wildman–Crippen MR) is 147 cm³/mol.